The minimum atomic E-state index is -3.53. The normalized spacial score (nSPS) is 12.7. The predicted molar refractivity (Wildman–Crippen MR) is 72.3 cm³/mol. The van der Waals surface area contributed by atoms with Crippen molar-refractivity contribution in [3.05, 3.63) is 36.9 Å². The highest BCUT2D eigenvalue weighted by Crippen LogP contribution is 2.16. The highest BCUT2D eigenvalue weighted by molar-refractivity contribution is 7.89. The first kappa shape index (κ1) is 15.4. The van der Waals surface area contributed by atoms with Crippen LogP contribution in [0.2, 0.25) is 0 Å². The van der Waals surface area contributed by atoms with Crippen molar-refractivity contribution in [1.82, 2.24) is 4.72 Å². The van der Waals surface area contributed by atoms with Gasteiger partial charge in [-0.05, 0) is 37.6 Å². The molecule has 0 radical (unpaired) electrons. The van der Waals surface area contributed by atoms with Crippen LogP contribution in [0.3, 0.4) is 0 Å². The van der Waals surface area contributed by atoms with Crippen molar-refractivity contribution in [2.24, 2.45) is 0 Å². The zero-order valence-electron chi connectivity index (χ0n) is 10.9. The molecular weight excluding hydrogens is 266 g/mol. The maximum absolute atomic E-state index is 12.0. The van der Waals surface area contributed by atoms with Crippen LogP contribution in [0.15, 0.2) is 41.8 Å². The van der Waals surface area contributed by atoms with Gasteiger partial charge in [-0.25, -0.2) is 17.9 Å². The molecule has 6 heteroatoms. The summed E-state index contributed by atoms with van der Waals surface area (Å²) in [5.74, 6) is -0.319. The first-order chi connectivity index (χ1) is 8.89. The first-order valence-corrected chi connectivity index (χ1v) is 7.34. The van der Waals surface area contributed by atoms with Gasteiger partial charge in [0.1, 0.15) is 5.75 Å². The third kappa shape index (κ3) is 4.50. The molecular formula is C13H17NO4S. The van der Waals surface area contributed by atoms with Crippen molar-refractivity contribution in [3.63, 3.8) is 0 Å². The summed E-state index contributed by atoms with van der Waals surface area (Å²) in [5, 5.41) is 0. The van der Waals surface area contributed by atoms with E-state index in [0.29, 0.717) is 6.42 Å². The molecule has 0 spiro atoms. The van der Waals surface area contributed by atoms with Gasteiger partial charge < -0.3 is 4.74 Å². The number of hydrogen-bond donors (Lipinski definition) is 1. The molecule has 0 bridgehead atoms. The molecule has 1 atom stereocenters. The Morgan fingerprint density at radius 1 is 1.42 bits per heavy atom. The van der Waals surface area contributed by atoms with Crippen LogP contribution in [0, 0.1) is 0 Å². The van der Waals surface area contributed by atoms with E-state index in [9.17, 15) is 13.2 Å². The zero-order chi connectivity index (χ0) is 14.5. The molecule has 1 aromatic carbocycles. The van der Waals surface area contributed by atoms with Gasteiger partial charge in [-0.1, -0.05) is 13.5 Å². The smallest absolute Gasteiger partial charge is 0.335 e. The Labute approximate surface area is 113 Å². The molecule has 0 aliphatic rings. The second kappa shape index (κ2) is 6.49. The largest absolute Gasteiger partial charge is 0.423 e. The van der Waals surface area contributed by atoms with E-state index in [1.807, 2.05) is 6.92 Å². The van der Waals surface area contributed by atoms with Crippen LogP contribution >= 0.6 is 0 Å². The summed E-state index contributed by atoms with van der Waals surface area (Å²) in [5.41, 5.74) is 0. The second-order valence-corrected chi connectivity index (χ2v) is 5.74. The van der Waals surface area contributed by atoms with E-state index in [4.69, 9.17) is 4.74 Å². The summed E-state index contributed by atoms with van der Waals surface area (Å²) < 4.78 is 31.3. The van der Waals surface area contributed by atoms with E-state index >= 15 is 0 Å². The van der Waals surface area contributed by atoms with Crippen molar-refractivity contribution in [1.29, 1.82) is 0 Å². The van der Waals surface area contributed by atoms with Crippen LogP contribution in [0.5, 0.6) is 5.75 Å². The Morgan fingerprint density at radius 3 is 2.47 bits per heavy atom. The summed E-state index contributed by atoms with van der Waals surface area (Å²) in [6, 6.07) is 5.48. The van der Waals surface area contributed by atoms with Crippen LogP contribution in [0.4, 0.5) is 0 Å². The average Bonchev–Trinajstić information content (AvgIpc) is 2.38. The fourth-order valence-corrected chi connectivity index (χ4v) is 2.59. The molecule has 0 fully saturated rings. The average molecular weight is 283 g/mol. The zero-order valence-corrected chi connectivity index (χ0v) is 11.7. The SMILES string of the molecule is C=CC(=O)Oc1ccc(S(=O)(=O)NC(C)CC)cc1. The van der Waals surface area contributed by atoms with Crippen LogP contribution in [0.25, 0.3) is 0 Å². The monoisotopic (exact) mass is 283 g/mol. The maximum atomic E-state index is 12.0. The van der Waals surface area contributed by atoms with E-state index in [1.54, 1.807) is 6.92 Å². The number of esters is 1. The standard InChI is InChI=1S/C13H17NO4S/c1-4-10(3)14-19(16,17)12-8-6-11(7-9-12)18-13(15)5-2/h5-10,14H,2,4H2,1,3H3. The molecule has 19 heavy (non-hydrogen) atoms. The molecule has 1 rings (SSSR count). The Kier molecular flexibility index (Phi) is 5.26. The molecule has 1 N–H and O–H groups in total. The molecule has 0 amide bonds. The molecule has 0 aromatic heterocycles. The van der Waals surface area contributed by atoms with Gasteiger partial charge in [0.2, 0.25) is 10.0 Å². The lowest BCUT2D eigenvalue weighted by Gasteiger charge is -2.12. The highest BCUT2D eigenvalue weighted by Gasteiger charge is 2.16. The number of ether oxygens (including phenoxy) is 1. The highest BCUT2D eigenvalue weighted by atomic mass is 32.2. The van der Waals surface area contributed by atoms with Gasteiger partial charge in [-0.3, -0.25) is 0 Å². The number of carbonyl (C=O) groups is 1. The van der Waals surface area contributed by atoms with E-state index in [2.05, 4.69) is 11.3 Å². The fourth-order valence-electron chi connectivity index (χ4n) is 1.26. The van der Waals surface area contributed by atoms with E-state index < -0.39 is 16.0 Å². The molecule has 0 heterocycles. The number of sulfonamides is 1. The van der Waals surface area contributed by atoms with Crippen molar-refractivity contribution in [2.75, 3.05) is 0 Å². The summed E-state index contributed by atoms with van der Waals surface area (Å²) in [6.07, 6.45) is 1.74. The van der Waals surface area contributed by atoms with Crippen LogP contribution in [0.1, 0.15) is 20.3 Å². The second-order valence-electron chi connectivity index (χ2n) is 4.03. The van der Waals surface area contributed by atoms with Gasteiger partial charge in [0.25, 0.3) is 0 Å². The van der Waals surface area contributed by atoms with Gasteiger partial charge in [0.05, 0.1) is 4.90 Å². The van der Waals surface area contributed by atoms with Crippen molar-refractivity contribution in [3.8, 4) is 5.75 Å². The number of benzene rings is 1. The van der Waals surface area contributed by atoms with Gasteiger partial charge in [0, 0.05) is 12.1 Å². The molecule has 0 aliphatic heterocycles. The third-order valence-electron chi connectivity index (χ3n) is 2.49. The van der Waals surface area contributed by atoms with E-state index in [0.717, 1.165) is 6.08 Å². The van der Waals surface area contributed by atoms with Crippen molar-refractivity contribution in [2.45, 2.75) is 31.2 Å². The maximum Gasteiger partial charge on any atom is 0.335 e. The summed E-state index contributed by atoms with van der Waals surface area (Å²) in [7, 11) is -3.53. The first-order valence-electron chi connectivity index (χ1n) is 5.85. The van der Waals surface area contributed by atoms with Gasteiger partial charge in [-0.2, -0.15) is 0 Å². The number of rotatable bonds is 6. The lowest BCUT2D eigenvalue weighted by molar-refractivity contribution is -0.128. The fraction of sp³-hybridized carbons (Fsp3) is 0.308. The Bertz CT molecular complexity index is 549. The summed E-state index contributed by atoms with van der Waals surface area (Å²) in [4.78, 5) is 11.1. The van der Waals surface area contributed by atoms with E-state index in [1.165, 1.54) is 24.3 Å². The summed E-state index contributed by atoms with van der Waals surface area (Å²) in [6.45, 7) is 6.96. The van der Waals surface area contributed by atoms with E-state index in [-0.39, 0.29) is 16.7 Å². The third-order valence-corrected chi connectivity index (χ3v) is 4.09. The molecule has 0 aliphatic carbocycles. The molecule has 0 saturated carbocycles. The Balaban J connectivity index is 2.86. The van der Waals surface area contributed by atoms with Gasteiger partial charge in [0.15, 0.2) is 0 Å². The molecule has 1 unspecified atom stereocenters. The minimum Gasteiger partial charge on any atom is -0.423 e. The number of nitrogens with one attached hydrogen (secondary N) is 1. The molecule has 5 nitrogen and oxygen atoms in total. The summed E-state index contributed by atoms with van der Waals surface area (Å²) >= 11 is 0. The quantitative estimate of drug-likeness (QED) is 0.491. The number of carbonyl (C=O) groups excluding carboxylic acids is 1. The lowest BCUT2D eigenvalue weighted by Crippen LogP contribution is -2.31. The van der Waals surface area contributed by atoms with Crippen molar-refractivity contribution < 1.29 is 17.9 Å². The number of hydrogen-bond acceptors (Lipinski definition) is 4. The molecule has 104 valence electrons. The minimum absolute atomic E-state index is 0.131. The predicted octanol–water partition coefficient (Wildman–Crippen LogP) is 1.85. The van der Waals surface area contributed by atoms with Gasteiger partial charge >= 0.3 is 5.97 Å². The molecule has 0 saturated heterocycles. The molecule has 1 aromatic rings. The Morgan fingerprint density at radius 2 is 2.00 bits per heavy atom. The van der Waals surface area contributed by atoms with Crippen LogP contribution < -0.4 is 9.46 Å². The topological polar surface area (TPSA) is 72.5 Å². The van der Waals surface area contributed by atoms with Crippen LogP contribution in [-0.4, -0.2) is 20.4 Å². The van der Waals surface area contributed by atoms with Gasteiger partial charge in [-0.15, -0.1) is 0 Å². The van der Waals surface area contributed by atoms with Crippen LogP contribution in [-0.2, 0) is 14.8 Å². The lowest BCUT2D eigenvalue weighted by atomic mass is 10.3. The van der Waals surface area contributed by atoms with Crippen molar-refractivity contribution >= 4 is 16.0 Å². The Hall–Kier alpha value is -1.66.